The first-order valence-corrected chi connectivity index (χ1v) is 6.49. The van der Waals surface area contributed by atoms with E-state index in [1.165, 1.54) is 0 Å². The highest BCUT2D eigenvalue weighted by atomic mass is 32.1. The summed E-state index contributed by atoms with van der Waals surface area (Å²) in [4.78, 5) is 17.1. The molecule has 1 heterocycles. The fourth-order valence-electron chi connectivity index (χ4n) is 1.55. The van der Waals surface area contributed by atoms with Crippen LogP contribution >= 0.6 is 11.3 Å². The minimum Gasteiger partial charge on any atom is -0.347 e. The number of carbonyl (C=O) groups is 1. The molecular weight excluding hydrogens is 246 g/mol. The first-order valence-electron chi connectivity index (χ1n) is 5.67. The van der Waals surface area contributed by atoms with E-state index in [-0.39, 0.29) is 5.91 Å². The minimum absolute atomic E-state index is 0.0791. The zero-order valence-corrected chi connectivity index (χ0v) is 11.0. The monoisotopic (exact) mass is 261 g/mol. The van der Waals surface area contributed by atoms with Gasteiger partial charge in [-0.2, -0.15) is 0 Å². The molecule has 2 aromatic rings. The Bertz CT molecular complexity index is 533. The molecule has 2 rings (SSSR count). The molecule has 1 amide bonds. The predicted octanol–water partition coefficient (Wildman–Crippen LogP) is 1.84. The lowest BCUT2D eigenvalue weighted by Gasteiger charge is -2.04. The van der Waals surface area contributed by atoms with Crippen LogP contribution in [0.5, 0.6) is 0 Å². The largest absolute Gasteiger partial charge is 0.347 e. The summed E-state index contributed by atoms with van der Waals surface area (Å²) in [6.45, 7) is 2.95. The van der Waals surface area contributed by atoms with E-state index >= 15 is 0 Å². The molecule has 0 atom stereocenters. The van der Waals surface area contributed by atoms with Crippen LogP contribution in [0.4, 0.5) is 0 Å². The Morgan fingerprint density at radius 3 is 2.67 bits per heavy atom. The summed E-state index contributed by atoms with van der Waals surface area (Å²) in [5.74, 6) is -0.0791. The second-order valence-electron chi connectivity index (χ2n) is 3.93. The molecule has 0 radical (unpaired) electrons. The van der Waals surface area contributed by atoms with Gasteiger partial charge in [0, 0.05) is 23.2 Å². The van der Waals surface area contributed by atoms with Crippen LogP contribution in [0.3, 0.4) is 0 Å². The lowest BCUT2D eigenvalue weighted by molar-refractivity contribution is 0.0951. The number of hydrogen-bond donors (Lipinski definition) is 2. The van der Waals surface area contributed by atoms with Crippen LogP contribution in [0.2, 0.25) is 0 Å². The van der Waals surface area contributed by atoms with E-state index < -0.39 is 0 Å². The van der Waals surface area contributed by atoms with Gasteiger partial charge in [0.15, 0.2) is 0 Å². The molecule has 3 N–H and O–H groups in total. The van der Waals surface area contributed by atoms with Crippen molar-refractivity contribution in [1.82, 2.24) is 10.3 Å². The van der Waals surface area contributed by atoms with E-state index in [4.69, 9.17) is 5.73 Å². The molecule has 94 valence electrons. The van der Waals surface area contributed by atoms with E-state index in [0.29, 0.717) is 18.7 Å². The molecule has 18 heavy (non-hydrogen) atoms. The van der Waals surface area contributed by atoms with Gasteiger partial charge < -0.3 is 11.1 Å². The van der Waals surface area contributed by atoms with Crippen molar-refractivity contribution < 1.29 is 4.79 Å². The fourth-order valence-corrected chi connectivity index (χ4v) is 2.28. The van der Waals surface area contributed by atoms with Crippen molar-refractivity contribution in [2.45, 2.75) is 20.0 Å². The van der Waals surface area contributed by atoms with Crippen molar-refractivity contribution in [2.75, 3.05) is 0 Å². The van der Waals surface area contributed by atoms with E-state index in [1.54, 1.807) is 29.7 Å². The van der Waals surface area contributed by atoms with Crippen LogP contribution in [-0.4, -0.2) is 10.9 Å². The second-order valence-corrected chi connectivity index (χ2v) is 5.25. The molecule has 0 unspecified atom stereocenters. The SMILES string of the molecule is Cc1ncc(CNC(=O)c2ccc(CN)cc2)s1. The third-order valence-corrected chi connectivity index (χ3v) is 3.46. The first-order chi connectivity index (χ1) is 8.69. The maximum absolute atomic E-state index is 11.9. The molecular formula is C13H15N3OS. The number of benzene rings is 1. The second kappa shape index (κ2) is 5.75. The Hall–Kier alpha value is -1.72. The normalized spacial score (nSPS) is 10.3. The number of nitrogens with one attached hydrogen (secondary N) is 1. The topological polar surface area (TPSA) is 68.0 Å². The van der Waals surface area contributed by atoms with Gasteiger partial charge in [0.05, 0.1) is 11.6 Å². The maximum atomic E-state index is 11.9. The van der Waals surface area contributed by atoms with Crippen molar-refractivity contribution in [3.8, 4) is 0 Å². The van der Waals surface area contributed by atoms with E-state index in [9.17, 15) is 4.79 Å². The molecule has 0 aliphatic heterocycles. The number of aryl methyl sites for hydroxylation is 1. The van der Waals surface area contributed by atoms with Gasteiger partial charge in [0.25, 0.3) is 5.91 Å². The average molecular weight is 261 g/mol. The van der Waals surface area contributed by atoms with Crippen LogP contribution in [0.25, 0.3) is 0 Å². The third kappa shape index (κ3) is 3.15. The van der Waals surface area contributed by atoms with Gasteiger partial charge in [-0.15, -0.1) is 11.3 Å². The van der Waals surface area contributed by atoms with Crippen LogP contribution < -0.4 is 11.1 Å². The summed E-state index contributed by atoms with van der Waals surface area (Å²) in [5.41, 5.74) is 7.17. The van der Waals surface area contributed by atoms with Gasteiger partial charge in [-0.05, 0) is 24.6 Å². The van der Waals surface area contributed by atoms with Gasteiger partial charge in [-0.25, -0.2) is 4.98 Å². The molecule has 1 aromatic heterocycles. The standard InChI is InChI=1S/C13H15N3OS/c1-9-15-7-12(18-9)8-16-13(17)11-4-2-10(6-14)3-5-11/h2-5,7H,6,8,14H2,1H3,(H,16,17). The highest BCUT2D eigenvalue weighted by Crippen LogP contribution is 2.11. The predicted molar refractivity (Wildman–Crippen MR) is 72.4 cm³/mol. The van der Waals surface area contributed by atoms with Gasteiger partial charge >= 0.3 is 0 Å². The Morgan fingerprint density at radius 2 is 2.11 bits per heavy atom. The van der Waals surface area contributed by atoms with E-state index in [2.05, 4.69) is 10.3 Å². The number of nitrogens with two attached hydrogens (primary N) is 1. The summed E-state index contributed by atoms with van der Waals surface area (Å²) < 4.78 is 0. The summed E-state index contributed by atoms with van der Waals surface area (Å²) >= 11 is 1.59. The van der Waals surface area contributed by atoms with Crippen LogP contribution in [0.15, 0.2) is 30.5 Å². The van der Waals surface area contributed by atoms with Crippen molar-refractivity contribution >= 4 is 17.2 Å². The van der Waals surface area contributed by atoms with E-state index in [1.807, 2.05) is 19.1 Å². The van der Waals surface area contributed by atoms with Crippen LogP contribution in [-0.2, 0) is 13.1 Å². The Kier molecular flexibility index (Phi) is 4.07. The summed E-state index contributed by atoms with van der Waals surface area (Å²) in [6, 6.07) is 7.31. The van der Waals surface area contributed by atoms with Crippen LogP contribution in [0.1, 0.15) is 25.8 Å². The molecule has 1 aromatic carbocycles. The highest BCUT2D eigenvalue weighted by molar-refractivity contribution is 7.11. The summed E-state index contributed by atoms with van der Waals surface area (Å²) in [6.07, 6.45) is 1.79. The Morgan fingerprint density at radius 1 is 1.39 bits per heavy atom. The lowest BCUT2D eigenvalue weighted by atomic mass is 10.1. The highest BCUT2D eigenvalue weighted by Gasteiger charge is 2.06. The Balaban J connectivity index is 1.94. The maximum Gasteiger partial charge on any atom is 0.251 e. The molecule has 0 aliphatic carbocycles. The Labute approximate surface area is 110 Å². The number of thiazole rings is 1. The van der Waals surface area contributed by atoms with Crippen molar-refractivity contribution in [3.05, 3.63) is 51.5 Å². The first kappa shape index (κ1) is 12.7. The lowest BCUT2D eigenvalue weighted by Crippen LogP contribution is -2.22. The molecule has 5 heteroatoms. The molecule has 0 saturated heterocycles. The molecule has 0 spiro atoms. The summed E-state index contributed by atoms with van der Waals surface area (Å²) in [5, 5.41) is 3.87. The minimum atomic E-state index is -0.0791. The molecule has 0 saturated carbocycles. The summed E-state index contributed by atoms with van der Waals surface area (Å²) in [7, 11) is 0. The number of carbonyl (C=O) groups excluding carboxylic acids is 1. The number of hydrogen-bond acceptors (Lipinski definition) is 4. The number of amides is 1. The van der Waals surface area contributed by atoms with Crippen LogP contribution in [0, 0.1) is 6.92 Å². The van der Waals surface area contributed by atoms with Gasteiger partial charge in [-0.1, -0.05) is 12.1 Å². The quantitative estimate of drug-likeness (QED) is 0.882. The zero-order valence-electron chi connectivity index (χ0n) is 10.1. The number of aromatic nitrogens is 1. The molecule has 4 nitrogen and oxygen atoms in total. The van der Waals surface area contributed by atoms with Gasteiger partial charge in [0.1, 0.15) is 0 Å². The third-order valence-electron chi connectivity index (χ3n) is 2.54. The van der Waals surface area contributed by atoms with Crippen molar-refractivity contribution in [3.63, 3.8) is 0 Å². The average Bonchev–Trinajstić information content (AvgIpc) is 2.82. The zero-order chi connectivity index (χ0) is 13.0. The number of rotatable bonds is 4. The van der Waals surface area contributed by atoms with Gasteiger partial charge in [0.2, 0.25) is 0 Å². The smallest absolute Gasteiger partial charge is 0.251 e. The van der Waals surface area contributed by atoms with Crippen molar-refractivity contribution in [2.24, 2.45) is 5.73 Å². The van der Waals surface area contributed by atoms with Crippen molar-refractivity contribution in [1.29, 1.82) is 0 Å². The van der Waals surface area contributed by atoms with E-state index in [0.717, 1.165) is 15.4 Å². The fraction of sp³-hybridized carbons (Fsp3) is 0.231. The molecule has 0 fully saturated rings. The molecule has 0 bridgehead atoms. The number of nitrogens with zero attached hydrogens (tertiary/aromatic N) is 1. The molecule has 0 aliphatic rings. The van der Waals surface area contributed by atoms with Gasteiger partial charge in [-0.3, -0.25) is 4.79 Å².